The lowest BCUT2D eigenvalue weighted by Crippen LogP contribution is -2.48. The van der Waals surface area contributed by atoms with E-state index in [2.05, 4.69) is 5.29 Å². The number of hydrogen-bond acceptors (Lipinski definition) is 5. The lowest BCUT2D eigenvalue weighted by atomic mass is 10.1. The van der Waals surface area contributed by atoms with Gasteiger partial charge in [-0.1, -0.05) is 30.3 Å². The molecule has 0 radical (unpaired) electrons. The van der Waals surface area contributed by atoms with Crippen molar-refractivity contribution < 1.29 is 18.3 Å². The van der Waals surface area contributed by atoms with Crippen LogP contribution in [0.25, 0.3) is 0 Å². The molecule has 2 N–H and O–H groups in total. The Bertz CT molecular complexity index is 581. The van der Waals surface area contributed by atoms with Gasteiger partial charge in [0, 0.05) is 5.88 Å². The van der Waals surface area contributed by atoms with Crippen LogP contribution in [0.3, 0.4) is 0 Å². The van der Waals surface area contributed by atoms with Gasteiger partial charge in [0.05, 0.1) is 11.8 Å². The molecule has 10 heteroatoms. The Hall–Kier alpha value is -1.71. The number of rotatable bonds is 9. The molecule has 1 atom stereocenters. The van der Waals surface area contributed by atoms with Gasteiger partial charge in [0.2, 0.25) is 0 Å². The number of nitroso groups, excluding NO2 is 1. The lowest BCUT2D eigenvalue weighted by molar-refractivity contribution is -0.138. The Labute approximate surface area is 126 Å². The third-order valence-electron chi connectivity index (χ3n) is 2.52. The monoisotopic (exact) mass is 335 g/mol. The lowest BCUT2D eigenvalue weighted by Gasteiger charge is -2.19. The Morgan fingerprint density at radius 3 is 2.48 bits per heavy atom. The van der Waals surface area contributed by atoms with Crippen LogP contribution in [0.5, 0.6) is 0 Å². The summed E-state index contributed by atoms with van der Waals surface area (Å²) in [5, 5.41) is 11.4. The van der Waals surface area contributed by atoms with Crippen LogP contribution in [-0.4, -0.2) is 42.4 Å². The van der Waals surface area contributed by atoms with Gasteiger partial charge >= 0.3 is 16.2 Å². The number of nitrogens with one attached hydrogen (secondary N) is 1. The van der Waals surface area contributed by atoms with Crippen LogP contribution < -0.4 is 4.72 Å². The molecule has 21 heavy (non-hydrogen) atoms. The van der Waals surface area contributed by atoms with E-state index in [1.54, 1.807) is 30.3 Å². The maximum atomic E-state index is 11.9. The number of carboxylic acid groups (broad SMARTS) is 1. The van der Waals surface area contributed by atoms with E-state index in [1.165, 1.54) is 0 Å². The molecule has 1 aromatic carbocycles. The highest BCUT2D eigenvalue weighted by Crippen LogP contribution is 2.07. The standard InChI is InChI=1S/C11H14ClN3O5S/c12-6-7-15(14-18)21(19,20)13-10(11(16)17)8-9-4-2-1-3-5-9/h1-5,10,13H,6-8H2,(H,16,17)/t10-/m0/s1. The number of aliphatic carboxylic acids is 1. The molecule has 1 aromatic rings. The van der Waals surface area contributed by atoms with Crippen molar-refractivity contribution in [1.29, 1.82) is 0 Å². The number of halogens is 1. The molecular formula is C11H14ClN3O5S. The Kier molecular flexibility index (Phi) is 6.53. The van der Waals surface area contributed by atoms with Gasteiger partial charge in [-0.3, -0.25) is 4.79 Å². The Morgan fingerprint density at radius 1 is 1.38 bits per heavy atom. The molecule has 0 aromatic heterocycles. The van der Waals surface area contributed by atoms with Crippen LogP contribution in [0.15, 0.2) is 35.6 Å². The molecule has 0 fully saturated rings. The number of carbonyl (C=O) groups is 1. The first kappa shape index (κ1) is 17.3. The third-order valence-corrected chi connectivity index (χ3v) is 4.07. The molecule has 116 valence electrons. The first-order valence-electron chi connectivity index (χ1n) is 5.86. The van der Waals surface area contributed by atoms with Crippen molar-refractivity contribution in [2.45, 2.75) is 12.5 Å². The summed E-state index contributed by atoms with van der Waals surface area (Å²) < 4.78 is 25.8. The second-order valence-electron chi connectivity index (χ2n) is 4.02. The number of hydrogen-bond donors (Lipinski definition) is 2. The van der Waals surface area contributed by atoms with Gasteiger partial charge < -0.3 is 5.11 Å². The summed E-state index contributed by atoms with van der Waals surface area (Å²) in [6.07, 6.45) is -0.0665. The van der Waals surface area contributed by atoms with Crippen LogP contribution in [0.1, 0.15) is 5.56 Å². The fourth-order valence-electron chi connectivity index (χ4n) is 1.55. The Balaban J connectivity index is 2.87. The van der Waals surface area contributed by atoms with Gasteiger partial charge in [-0.25, -0.2) is 0 Å². The van der Waals surface area contributed by atoms with E-state index >= 15 is 0 Å². The molecule has 0 saturated carbocycles. The van der Waals surface area contributed by atoms with E-state index in [1.807, 2.05) is 4.72 Å². The summed E-state index contributed by atoms with van der Waals surface area (Å²) in [6.45, 7) is -0.349. The van der Waals surface area contributed by atoms with Crippen molar-refractivity contribution in [2.75, 3.05) is 12.4 Å². The minimum absolute atomic E-state index is 0.0665. The van der Waals surface area contributed by atoms with Crippen molar-refractivity contribution >= 4 is 27.8 Å². The van der Waals surface area contributed by atoms with E-state index in [0.717, 1.165) is 0 Å². The van der Waals surface area contributed by atoms with E-state index < -0.39 is 22.2 Å². The zero-order valence-electron chi connectivity index (χ0n) is 10.8. The molecule has 0 bridgehead atoms. The molecule has 0 aliphatic heterocycles. The second kappa shape index (κ2) is 7.91. The SMILES string of the molecule is O=NN(CCCl)S(=O)(=O)N[C@@H](Cc1ccccc1)C(=O)O. The highest BCUT2D eigenvalue weighted by molar-refractivity contribution is 7.87. The van der Waals surface area contributed by atoms with Gasteiger partial charge in [-0.2, -0.15) is 13.1 Å². The number of benzene rings is 1. The number of alkyl halides is 1. The molecule has 0 spiro atoms. The first-order valence-corrected chi connectivity index (χ1v) is 7.84. The normalized spacial score (nSPS) is 12.6. The molecule has 8 nitrogen and oxygen atoms in total. The Morgan fingerprint density at radius 2 is 2.00 bits per heavy atom. The van der Waals surface area contributed by atoms with E-state index in [0.29, 0.717) is 5.56 Å². The number of carboxylic acids is 1. The van der Waals surface area contributed by atoms with Gasteiger partial charge in [0.1, 0.15) is 6.04 Å². The summed E-state index contributed by atoms with van der Waals surface area (Å²) in [6, 6.07) is 7.07. The molecule has 1 rings (SSSR count). The van der Waals surface area contributed by atoms with Gasteiger partial charge in [0.15, 0.2) is 0 Å². The van der Waals surface area contributed by atoms with Crippen molar-refractivity contribution in [3.63, 3.8) is 0 Å². The minimum Gasteiger partial charge on any atom is -0.480 e. The van der Waals surface area contributed by atoms with Crippen molar-refractivity contribution in [1.82, 2.24) is 9.14 Å². The smallest absolute Gasteiger partial charge is 0.322 e. The summed E-state index contributed by atoms with van der Waals surface area (Å²) >= 11 is 5.36. The predicted octanol–water partition coefficient (Wildman–Crippen LogP) is 0.739. The summed E-state index contributed by atoms with van der Waals surface area (Å²) in [5.41, 5.74) is 0.635. The zero-order chi connectivity index (χ0) is 15.9. The molecule has 0 aliphatic carbocycles. The maximum absolute atomic E-state index is 11.9. The van der Waals surface area contributed by atoms with Gasteiger partial charge in [0.25, 0.3) is 0 Å². The highest BCUT2D eigenvalue weighted by atomic mass is 35.5. The van der Waals surface area contributed by atoms with Crippen molar-refractivity contribution in [3.8, 4) is 0 Å². The molecular weight excluding hydrogens is 322 g/mol. The molecule has 0 saturated heterocycles. The van der Waals surface area contributed by atoms with Crippen LogP contribution in [0.4, 0.5) is 0 Å². The topological polar surface area (TPSA) is 116 Å². The first-order chi connectivity index (χ1) is 9.90. The predicted molar refractivity (Wildman–Crippen MR) is 76.8 cm³/mol. The minimum atomic E-state index is -4.36. The second-order valence-corrected chi connectivity index (χ2v) is 6.01. The highest BCUT2D eigenvalue weighted by Gasteiger charge is 2.29. The van der Waals surface area contributed by atoms with Gasteiger partial charge in [-0.05, 0) is 12.0 Å². The van der Waals surface area contributed by atoms with Gasteiger partial charge in [-0.15, -0.1) is 20.9 Å². The van der Waals surface area contributed by atoms with Crippen LogP contribution >= 0.6 is 11.6 Å². The zero-order valence-corrected chi connectivity index (χ0v) is 12.4. The van der Waals surface area contributed by atoms with E-state index in [-0.39, 0.29) is 23.3 Å². The van der Waals surface area contributed by atoms with E-state index in [9.17, 15) is 18.1 Å². The molecule has 0 heterocycles. The number of nitrogens with zero attached hydrogens (tertiary/aromatic N) is 2. The van der Waals surface area contributed by atoms with Crippen LogP contribution in [-0.2, 0) is 21.4 Å². The van der Waals surface area contributed by atoms with Crippen molar-refractivity contribution in [2.24, 2.45) is 5.29 Å². The summed E-state index contributed by atoms with van der Waals surface area (Å²) in [4.78, 5) is 21.7. The van der Waals surface area contributed by atoms with Crippen LogP contribution in [0.2, 0.25) is 0 Å². The average Bonchev–Trinajstić information content (AvgIpc) is 2.44. The van der Waals surface area contributed by atoms with Crippen LogP contribution in [0, 0.1) is 4.91 Å². The quantitative estimate of drug-likeness (QED) is 0.392. The largest absolute Gasteiger partial charge is 0.480 e. The maximum Gasteiger partial charge on any atom is 0.322 e. The summed E-state index contributed by atoms with van der Waals surface area (Å²) in [7, 11) is -4.36. The van der Waals surface area contributed by atoms with E-state index in [4.69, 9.17) is 16.7 Å². The molecule has 0 aliphatic rings. The fraction of sp³-hybridized carbons (Fsp3) is 0.364. The third kappa shape index (κ3) is 5.29. The molecule has 0 amide bonds. The average molecular weight is 336 g/mol. The van der Waals surface area contributed by atoms with Crippen molar-refractivity contribution in [3.05, 3.63) is 40.8 Å². The summed E-state index contributed by atoms with van der Waals surface area (Å²) in [5.74, 6) is -1.51. The molecule has 0 unspecified atom stereocenters. The fourth-order valence-corrected chi connectivity index (χ4v) is 2.89.